The van der Waals surface area contributed by atoms with Gasteiger partial charge in [0.2, 0.25) is 5.91 Å². The third-order valence-electron chi connectivity index (χ3n) is 4.54. The topological polar surface area (TPSA) is 54.9 Å². The van der Waals surface area contributed by atoms with E-state index in [-0.39, 0.29) is 5.91 Å². The molecule has 0 aliphatic rings. The molecule has 0 aliphatic heterocycles. The van der Waals surface area contributed by atoms with Gasteiger partial charge in [0.1, 0.15) is 5.03 Å². The van der Waals surface area contributed by atoms with E-state index < -0.39 is 0 Å². The molecule has 0 aliphatic carbocycles. The van der Waals surface area contributed by atoms with E-state index in [1.807, 2.05) is 36.2 Å². The van der Waals surface area contributed by atoms with Gasteiger partial charge in [-0.05, 0) is 43.4 Å². The van der Waals surface area contributed by atoms with Crippen LogP contribution >= 0.6 is 34.9 Å². The predicted molar refractivity (Wildman–Crippen MR) is 127 cm³/mol. The Morgan fingerprint density at radius 3 is 2.66 bits per heavy atom. The monoisotopic (exact) mass is 445 g/mol. The number of unbranched alkanes of at least 4 members (excludes halogenated alkanes) is 5. The Morgan fingerprint density at radius 1 is 1.03 bits per heavy atom. The second kappa shape index (κ2) is 12.2. The minimum absolute atomic E-state index is 0.0838. The van der Waals surface area contributed by atoms with Crippen molar-refractivity contribution in [1.29, 1.82) is 0 Å². The molecule has 0 unspecified atom stereocenters. The molecule has 3 aromatic rings. The lowest BCUT2D eigenvalue weighted by Gasteiger charge is -2.08. The molecule has 0 saturated carbocycles. The molecule has 0 fully saturated rings. The number of thiazole rings is 1. The van der Waals surface area contributed by atoms with Crippen LogP contribution in [-0.2, 0) is 4.79 Å². The summed E-state index contributed by atoms with van der Waals surface area (Å²) in [6, 6.07) is 12.1. The SMILES string of the molecule is CSc1ncccc1NC(=O)CCCCCCCCSc1nc2ccccc2s1. The van der Waals surface area contributed by atoms with Gasteiger partial charge in [-0.1, -0.05) is 49.6 Å². The van der Waals surface area contributed by atoms with Gasteiger partial charge < -0.3 is 5.32 Å². The third-order valence-corrected chi connectivity index (χ3v) is 7.51. The fourth-order valence-corrected chi connectivity index (χ4v) is 5.67. The molecule has 4 nitrogen and oxygen atoms in total. The van der Waals surface area contributed by atoms with E-state index in [4.69, 9.17) is 0 Å². The maximum atomic E-state index is 12.1. The smallest absolute Gasteiger partial charge is 0.224 e. The second-order valence-electron chi connectivity index (χ2n) is 6.78. The van der Waals surface area contributed by atoms with Gasteiger partial charge in [0.15, 0.2) is 4.34 Å². The number of nitrogens with zero attached hydrogens (tertiary/aromatic N) is 2. The molecule has 29 heavy (non-hydrogen) atoms. The van der Waals surface area contributed by atoms with Gasteiger partial charge in [0, 0.05) is 18.4 Å². The van der Waals surface area contributed by atoms with Crippen LogP contribution in [0.2, 0.25) is 0 Å². The maximum absolute atomic E-state index is 12.1. The van der Waals surface area contributed by atoms with Gasteiger partial charge in [0.05, 0.1) is 15.9 Å². The quantitative estimate of drug-likeness (QED) is 0.243. The first-order valence-electron chi connectivity index (χ1n) is 10.0. The number of pyridine rings is 1. The Balaban J connectivity index is 1.21. The molecule has 0 atom stereocenters. The molecule has 2 heterocycles. The predicted octanol–water partition coefficient (Wildman–Crippen LogP) is 6.87. The first-order chi connectivity index (χ1) is 14.3. The summed E-state index contributed by atoms with van der Waals surface area (Å²) in [6.45, 7) is 0. The van der Waals surface area contributed by atoms with Crippen molar-refractivity contribution in [1.82, 2.24) is 9.97 Å². The van der Waals surface area contributed by atoms with Crippen LogP contribution in [-0.4, -0.2) is 27.9 Å². The van der Waals surface area contributed by atoms with E-state index >= 15 is 0 Å². The molecule has 0 bridgehead atoms. The normalized spacial score (nSPS) is 11.1. The number of rotatable bonds is 12. The summed E-state index contributed by atoms with van der Waals surface area (Å²) in [5.74, 6) is 1.21. The molecule has 1 amide bonds. The van der Waals surface area contributed by atoms with Crippen LogP contribution in [0, 0.1) is 0 Å². The number of amides is 1. The van der Waals surface area contributed by atoms with E-state index in [1.54, 1.807) is 29.3 Å². The zero-order valence-electron chi connectivity index (χ0n) is 16.7. The third kappa shape index (κ3) is 7.32. The van der Waals surface area contributed by atoms with Gasteiger partial charge in [-0.2, -0.15) is 0 Å². The number of hydrogen-bond donors (Lipinski definition) is 1. The van der Waals surface area contributed by atoms with Gasteiger partial charge in [0.25, 0.3) is 0 Å². The first kappa shape index (κ1) is 22.1. The highest BCUT2D eigenvalue weighted by molar-refractivity contribution is 8.01. The summed E-state index contributed by atoms with van der Waals surface area (Å²) in [5.41, 5.74) is 1.92. The Morgan fingerprint density at radius 2 is 1.83 bits per heavy atom. The van der Waals surface area contributed by atoms with Gasteiger partial charge in [-0.15, -0.1) is 23.1 Å². The van der Waals surface area contributed by atoms with Gasteiger partial charge in [-0.25, -0.2) is 9.97 Å². The highest BCUT2D eigenvalue weighted by Crippen LogP contribution is 2.30. The molecule has 0 radical (unpaired) electrons. The molecule has 2 aromatic heterocycles. The molecule has 3 rings (SSSR count). The highest BCUT2D eigenvalue weighted by atomic mass is 32.2. The fraction of sp³-hybridized carbons (Fsp3) is 0.409. The summed E-state index contributed by atoms with van der Waals surface area (Å²) in [4.78, 5) is 21.0. The van der Waals surface area contributed by atoms with Crippen LogP contribution in [0.25, 0.3) is 10.2 Å². The van der Waals surface area contributed by atoms with Crippen molar-refractivity contribution in [3.8, 4) is 0 Å². The maximum Gasteiger partial charge on any atom is 0.224 e. The number of carbonyl (C=O) groups excluding carboxylic acids is 1. The highest BCUT2D eigenvalue weighted by Gasteiger charge is 2.07. The minimum atomic E-state index is 0.0838. The zero-order valence-corrected chi connectivity index (χ0v) is 19.2. The van der Waals surface area contributed by atoms with E-state index in [0.29, 0.717) is 6.42 Å². The molecule has 0 saturated heterocycles. The number of aromatic nitrogens is 2. The average Bonchev–Trinajstić information content (AvgIpc) is 3.16. The van der Waals surface area contributed by atoms with Crippen molar-refractivity contribution in [3.05, 3.63) is 42.6 Å². The lowest BCUT2D eigenvalue weighted by Crippen LogP contribution is -2.12. The van der Waals surface area contributed by atoms with Crippen molar-refractivity contribution in [2.24, 2.45) is 0 Å². The number of carbonyl (C=O) groups is 1. The van der Waals surface area contributed by atoms with Crippen LogP contribution in [0.15, 0.2) is 52.0 Å². The second-order valence-corrected chi connectivity index (χ2v) is 9.94. The van der Waals surface area contributed by atoms with Crippen LogP contribution in [0.5, 0.6) is 0 Å². The summed E-state index contributed by atoms with van der Waals surface area (Å²) in [6.07, 6.45) is 11.3. The molecule has 1 N–H and O–H groups in total. The molecular weight excluding hydrogens is 418 g/mol. The van der Waals surface area contributed by atoms with E-state index in [1.165, 1.54) is 34.7 Å². The largest absolute Gasteiger partial charge is 0.324 e. The lowest BCUT2D eigenvalue weighted by molar-refractivity contribution is -0.116. The number of hydrogen-bond acceptors (Lipinski definition) is 6. The number of thioether (sulfide) groups is 2. The lowest BCUT2D eigenvalue weighted by atomic mass is 10.1. The van der Waals surface area contributed by atoms with Gasteiger partial charge >= 0.3 is 0 Å². The van der Waals surface area contributed by atoms with E-state index in [9.17, 15) is 4.79 Å². The van der Waals surface area contributed by atoms with Gasteiger partial charge in [-0.3, -0.25) is 4.79 Å². The standard InChI is InChI=1S/C22H27N3OS3/c1-27-21-18(12-10-15-23-21)24-20(26)14-6-4-2-3-5-9-16-28-22-25-17-11-7-8-13-19(17)29-22/h7-8,10-13,15H,2-6,9,14,16H2,1H3,(H,24,26). The molecule has 1 aromatic carbocycles. The summed E-state index contributed by atoms with van der Waals surface area (Å²) in [7, 11) is 0. The molecule has 7 heteroatoms. The zero-order chi connectivity index (χ0) is 20.3. The summed E-state index contributed by atoms with van der Waals surface area (Å²) < 4.78 is 2.45. The van der Waals surface area contributed by atoms with Crippen molar-refractivity contribution in [2.75, 3.05) is 17.3 Å². The van der Waals surface area contributed by atoms with Crippen molar-refractivity contribution in [3.63, 3.8) is 0 Å². The Kier molecular flexibility index (Phi) is 9.31. The molecule has 0 spiro atoms. The van der Waals surface area contributed by atoms with Crippen molar-refractivity contribution >= 4 is 56.7 Å². The van der Waals surface area contributed by atoms with Crippen molar-refractivity contribution < 1.29 is 4.79 Å². The Labute approximate surface area is 185 Å². The molecular formula is C22H27N3OS3. The fourth-order valence-electron chi connectivity index (χ4n) is 3.03. The number of anilines is 1. The number of benzene rings is 1. The summed E-state index contributed by atoms with van der Waals surface area (Å²) >= 11 is 5.20. The number of para-hydroxylation sites is 1. The Hall–Kier alpha value is -1.57. The minimum Gasteiger partial charge on any atom is -0.324 e. The summed E-state index contributed by atoms with van der Waals surface area (Å²) in [5, 5.41) is 3.84. The van der Waals surface area contributed by atoms with E-state index in [2.05, 4.69) is 33.5 Å². The van der Waals surface area contributed by atoms with E-state index in [0.717, 1.165) is 34.8 Å². The van der Waals surface area contributed by atoms with Crippen LogP contribution in [0.4, 0.5) is 5.69 Å². The van der Waals surface area contributed by atoms with Crippen LogP contribution < -0.4 is 5.32 Å². The molecule has 154 valence electrons. The first-order valence-corrected chi connectivity index (χ1v) is 13.1. The van der Waals surface area contributed by atoms with Crippen molar-refractivity contribution in [2.45, 2.75) is 54.3 Å². The number of fused-ring (bicyclic) bond motifs is 1. The average molecular weight is 446 g/mol. The number of nitrogens with one attached hydrogen (secondary N) is 1. The van der Waals surface area contributed by atoms with Crippen LogP contribution in [0.3, 0.4) is 0 Å². The Bertz CT molecular complexity index is 880. The van der Waals surface area contributed by atoms with Crippen LogP contribution in [0.1, 0.15) is 44.9 Å².